The van der Waals surface area contributed by atoms with Gasteiger partial charge in [-0.1, -0.05) is 12.8 Å². The fourth-order valence-corrected chi connectivity index (χ4v) is 4.49. The maximum atomic E-state index is 13.2. The Labute approximate surface area is 183 Å². The fourth-order valence-electron chi connectivity index (χ4n) is 3.60. The van der Waals surface area contributed by atoms with E-state index in [1.807, 2.05) is 12.1 Å². The van der Waals surface area contributed by atoms with E-state index >= 15 is 0 Å². The van der Waals surface area contributed by atoms with Crippen LogP contribution in [0, 0.1) is 0 Å². The molecule has 9 nitrogen and oxygen atoms in total. The van der Waals surface area contributed by atoms with Crippen LogP contribution in [-0.2, 0) is 17.6 Å². The summed E-state index contributed by atoms with van der Waals surface area (Å²) < 4.78 is 18.8. The molecule has 3 aromatic rings. The molecule has 162 valence electrons. The summed E-state index contributed by atoms with van der Waals surface area (Å²) in [6.07, 6.45) is 11.1. The first-order chi connectivity index (χ1) is 15.2. The van der Waals surface area contributed by atoms with Crippen molar-refractivity contribution in [2.75, 3.05) is 19.0 Å². The third-order valence-electron chi connectivity index (χ3n) is 5.10. The molecule has 4 rings (SSSR count). The van der Waals surface area contributed by atoms with Crippen LogP contribution in [0.25, 0.3) is 11.1 Å². The lowest BCUT2D eigenvalue weighted by Gasteiger charge is -2.19. The molecule has 1 atom stereocenters. The Kier molecular flexibility index (Phi) is 6.90. The molecule has 0 amide bonds. The molecule has 3 heterocycles. The van der Waals surface area contributed by atoms with Crippen molar-refractivity contribution in [3.63, 3.8) is 0 Å². The van der Waals surface area contributed by atoms with Crippen LogP contribution in [0.5, 0.6) is 5.88 Å². The van der Waals surface area contributed by atoms with Crippen molar-refractivity contribution in [3.8, 4) is 17.0 Å². The standard InChI is InChI=1S/C21H24N6O3S/c1-30-20-18(14-6-9-22-10-7-14)19(25-15-4-2-3-5-15)26-21(27-20)31(29)17-13-23-12-16(24-17)8-11-28/h6-7,9-10,12-13,15,28H,2-5,8,11H2,1H3,(H,25,26,27). The van der Waals surface area contributed by atoms with E-state index in [0.29, 0.717) is 29.4 Å². The van der Waals surface area contributed by atoms with Crippen molar-refractivity contribution in [3.05, 3.63) is 42.6 Å². The van der Waals surface area contributed by atoms with E-state index in [-0.39, 0.29) is 22.8 Å². The van der Waals surface area contributed by atoms with Gasteiger partial charge in [-0.15, -0.1) is 4.98 Å². The van der Waals surface area contributed by atoms with E-state index in [1.165, 1.54) is 19.5 Å². The number of aliphatic hydroxyl groups is 1. The zero-order valence-electron chi connectivity index (χ0n) is 17.2. The van der Waals surface area contributed by atoms with Crippen LogP contribution >= 0.6 is 0 Å². The van der Waals surface area contributed by atoms with Gasteiger partial charge in [-0.2, -0.15) is 4.98 Å². The number of rotatable bonds is 8. The smallest absolute Gasteiger partial charge is 0.355 e. The summed E-state index contributed by atoms with van der Waals surface area (Å²) in [4.78, 5) is 21.6. The van der Waals surface area contributed by atoms with Crippen LogP contribution in [-0.4, -0.2) is 54.3 Å². The predicted molar refractivity (Wildman–Crippen MR) is 115 cm³/mol. The molecule has 2 N–H and O–H groups in total. The number of aromatic nitrogens is 5. The second-order valence-corrected chi connectivity index (χ2v) is 8.51. The number of ether oxygens (including phenoxy) is 1. The zero-order chi connectivity index (χ0) is 21.6. The van der Waals surface area contributed by atoms with Crippen molar-refractivity contribution in [1.82, 2.24) is 24.9 Å². The lowest BCUT2D eigenvalue weighted by atomic mass is 10.1. The van der Waals surface area contributed by atoms with Crippen LogP contribution in [0.2, 0.25) is 0 Å². The molecule has 1 fully saturated rings. The maximum absolute atomic E-state index is 13.2. The summed E-state index contributed by atoms with van der Waals surface area (Å²) in [5, 5.41) is 13.0. The second kappa shape index (κ2) is 9.99. The van der Waals surface area contributed by atoms with E-state index in [1.54, 1.807) is 12.4 Å². The molecule has 10 heteroatoms. The van der Waals surface area contributed by atoms with Crippen LogP contribution in [0.1, 0.15) is 31.4 Å². The highest BCUT2D eigenvalue weighted by Crippen LogP contribution is 2.37. The molecule has 0 radical (unpaired) electrons. The molecule has 1 aliphatic carbocycles. The lowest BCUT2D eigenvalue weighted by Crippen LogP contribution is -2.19. The van der Waals surface area contributed by atoms with Gasteiger partial charge in [0.05, 0.1) is 29.5 Å². The Hall–Kier alpha value is -2.82. The van der Waals surface area contributed by atoms with E-state index in [0.717, 1.165) is 31.2 Å². The highest BCUT2D eigenvalue weighted by atomic mass is 32.2. The van der Waals surface area contributed by atoms with E-state index in [2.05, 4.69) is 30.2 Å². The summed E-state index contributed by atoms with van der Waals surface area (Å²) >= 11 is -1.76. The molecule has 0 bridgehead atoms. The highest BCUT2D eigenvalue weighted by molar-refractivity contribution is 7.91. The number of nitrogens with one attached hydrogen (secondary N) is 1. The minimum absolute atomic E-state index is 0.0643. The van der Waals surface area contributed by atoms with Crippen molar-refractivity contribution in [1.29, 1.82) is 0 Å². The number of pyridine rings is 1. The number of hydrogen-bond donors (Lipinski definition) is 2. The largest absolute Gasteiger partial charge is 0.603 e. The van der Waals surface area contributed by atoms with Gasteiger partial charge in [0.25, 0.3) is 5.03 Å². The second-order valence-electron chi connectivity index (χ2n) is 7.19. The molecule has 1 aliphatic rings. The Balaban J connectivity index is 1.77. The summed E-state index contributed by atoms with van der Waals surface area (Å²) in [6, 6.07) is 4.01. The minimum Gasteiger partial charge on any atom is -0.603 e. The third kappa shape index (κ3) is 4.92. The number of aliphatic hydroxyl groups excluding tert-OH is 1. The number of hydrogen-bond acceptors (Lipinski definition) is 9. The quantitative estimate of drug-likeness (QED) is 0.400. The Bertz CT molecular complexity index is 1020. The predicted octanol–water partition coefficient (Wildman–Crippen LogP) is 2.39. The SMILES string of the molecule is COc1nc([S+]([O-])c2cncc(CCO)n2)nc(NC2CCCC2)c1-c1ccncc1. The zero-order valence-corrected chi connectivity index (χ0v) is 18.0. The van der Waals surface area contributed by atoms with E-state index < -0.39 is 11.2 Å². The highest BCUT2D eigenvalue weighted by Gasteiger charge is 2.28. The normalized spacial score (nSPS) is 15.1. The van der Waals surface area contributed by atoms with Crippen molar-refractivity contribution < 1.29 is 14.4 Å². The monoisotopic (exact) mass is 440 g/mol. The molecule has 31 heavy (non-hydrogen) atoms. The molecular formula is C21H24N6O3S. The summed E-state index contributed by atoms with van der Waals surface area (Å²) in [6.45, 7) is -0.0643. The average Bonchev–Trinajstić information content (AvgIpc) is 3.32. The lowest BCUT2D eigenvalue weighted by molar-refractivity contribution is 0.297. The maximum Gasteiger partial charge on any atom is 0.355 e. The van der Waals surface area contributed by atoms with Gasteiger partial charge < -0.3 is 19.7 Å². The molecule has 0 spiro atoms. The average molecular weight is 441 g/mol. The molecular weight excluding hydrogens is 416 g/mol. The molecule has 0 saturated heterocycles. The fraction of sp³-hybridized carbons (Fsp3) is 0.381. The molecule has 1 unspecified atom stereocenters. The molecule has 0 aromatic carbocycles. The van der Waals surface area contributed by atoms with Crippen LogP contribution in [0.3, 0.4) is 0 Å². The number of methoxy groups -OCH3 is 1. The van der Waals surface area contributed by atoms with E-state index in [9.17, 15) is 4.55 Å². The molecule has 1 saturated carbocycles. The van der Waals surface area contributed by atoms with Gasteiger partial charge in [-0.3, -0.25) is 9.97 Å². The number of nitrogens with zero attached hydrogens (tertiary/aromatic N) is 5. The van der Waals surface area contributed by atoms with Gasteiger partial charge in [0.15, 0.2) is 0 Å². The minimum atomic E-state index is -1.76. The first-order valence-electron chi connectivity index (χ1n) is 10.2. The first-order valence-corrected chi connectivity index (χ1v) is 11.3. The summed E-state index contributed by atoms with van der Waals surface area (Å²) in [5.41, 5.74) is 2.12. The van der Waals surface area contributed by atoms with E-state index in [4.69, 9.17) is 9.84 Å². The van der Waals surface area contributed by atoms with Gasteiger partial charge in [0.1, 0.15) is 12.0 Å². The molecule has 0 aliphatic heterocycles. The topological polar surface area (TPSA) is 129 Å². The van der Waals surface area contributed by atoms with Gasteiger partial charge in [-0.05, 0) is 30.5 Å². The first kappa shape index (κ1) is 21.4. The van der Waals surface area contributed by atoms with Gasteiger partial charge >= 0.3 is 5.16 Å². The third-order valence-corrected chi connectivity index (χ3v) is 6.19. The van der Waals surface area contributed by atoms with Crippen molar-refractivity contribution >= 4 is 17.0 Å². The van der Waals surface area contributed by atoms with Crippen LogP contribution in [0.15, 0.2) is 47.1 Å². The van der Waals surface area contributed by atoms with Gasteiger partial charge in [-0.25, -0.2) is 4.98 Å². The van der Waals surface area contributed by atoms with Crippen molar-refractivity contribution in [2.45, 2.75) is 48.3 Å². The van der Waals surface area contributed by atoms with Gasteiger partial charge in [0, 0.05) is 37.7 Å². The van der Waals surface area contributed by atoms with Crippen LogP contribution in [0.4, 0.5) is 5.82 Å². The number of anilines is 1. The summed E-state index contributed by atoms with van der Waals surface area (Å²) in [5.74, 6) is 0.900. The van der Waals surface area contributed by atoms with Gasteiger partial charge in [0.2, 0.25) is 5.88 Å². The molecule has 3 aromatic heterocycles. The Morgan fingerprint density at radius 3 is 2.61 bits per heavy atom. The van der Waals surface area contributed by atoms with Crippen molar-refractivity contribution in [2.24, 2.45) is 0 Å². The summed E-state index contributed by atoms with van der Waals surface area (Å²) in [7, 11) is 1.53. The Morgan fingerprint density at radius 1 is 1.13 bits per heavy atom. The Morgan fingerprint density at radius 2 is 1.90 bits per heavy atom. The van der Waals surface area contributed by atoms with Crippen LogP contribution < -0.4 is 10.1 Å².